The van der Waals surface area contributed by atoms with Crippen LogP contribution in [0.4, 0.5) is 5.69 Å². The van der Waals surface area contributed by atoms with E-state index in [1.54, 1.807) is 5.48 Å². The fourth-order valence-corrected chi connectivity index (χ4v) is 0.862. The molecule has 0 spiro atoms. The van der Waals surface area contributed by atoms with E-state index in [1.165, 1.54) is 30.5 Å². The van der Waals surface area contributed by atoms with Gasteiger partial charge in [-0.1, -0.05) is 0 Å². The summed E-state index contributed by atoms with van der Waals surface area (Å²) in [5, 5.41) is 25.5. The van der Waals surface area contributed by atoms with Crippen molar-refractivity contribution in [3.05, 3.63) is 39.9 Å². The van der Waals surface area contributed by atoms with Crippen LogP contribution in [0.2, 0.25) is 0 Å². The third-order valence-electron chi connectivity index (χ3n) is 1.59. The van der Waals surface area contributed by atoms with Gasteiger partial charge >= 0.3 is 0 Å². The molecule has 0 saturated carbocycles. The lowest BCUT2D eigenvalue weighted by Gasteiger charge is -1.93. The van der Waals surface area contributed by atoms with Crippen LogP contribution in [0.5, 0.6) is 0 Å². The maximum absolute atomic E-state index is 10.4. The molecule has 8 nitrogen and oxygen atoms in total. The van der Waals surface area contributed by atoms with Crippen LogP contribution in [0.15, 0.2) is 34.5 Å². The molecule has 0 saturated heterocycles. The summed E-state index contributed by atoms with van der Waals surface area (Å²) in [4.78, 5) is 9.86. The Morgan fingerprint density at radius 2 is 2.12 bits per heavy atom. The molecule has 0 aliphatic rings. The van der Waals surface area contributed by atoms with Crippen LogP contribution in [0.25, 0.3) is 0 Å². The molecule has 0 bridgehead atoms. The number of guanidine groups is 1. The number of rotatable bonds is 3. The Bertz CT molecular complexity index is 426. The van der Waals surface area contributed by atoms with Crippen molar-refractivity contribution in [3.63, 3.8) is 0 Å². The van der Waals surface area contributed by atoms with E-state index < -0.39 is 4.92 Å². The Balaban J connectivity index is 2.72. The molecule has 0 aliphatic heterocycles. The molecule has 0 heterocycles. The zero-order valence-electron chi connectivity index (χ0n) is 8.07. The van der Waals surface area contributed by atoms with Gasteiger partial charge in [0.15, 0.2) is 0 Å². The predicted molar refractivity (Wildman–Crippen MR) is 57.2 cm³/mol. The van der Waals surface area contributed by atoms with Gasteiger partial charge in [-0.3, -0.25) is 15.3 Å². The average molecular weight is 223 g/mol. The normalized spacial score (nSPS) is 11.7. The third kappa shape index (κ3) is 3.35. The quantitative estimate of drug-likeness (QED) is 0.292. The highest BCUT2D eigenvalue weighted by Gasteiger charge is 2.02. The molecule has 1 rings (SSSR count). The van der Waals surface area contributed by atoms with Crippen molar-refractivity contribution in [3.8, 4) is 0 Å². The summed E-state index contributed by atoms with van der Waals surface area (Å²) in [5.41, 5.74) is 7.31. The van der Waals surface area contributed by atoms with E-state index in [4.69, 9.17) is 10.9 Å². The van der Waals surface area contributed by atoms with Crippen molar-refractivity contribution >= 4 is 17.9 Å². The highest BCUT2D eigenvalue weighted by Crippen LogP contribution is 2.10. The Hall–Kier alpha value is -2.48. The summed E-state index contributed by atoms with van der Waals surface area (Å²) >= 11 is 0. The summed E-state index contributed by atoms with van der Waals surface area (Å²) < 4.78 is 0. The number of nitrogens with one attached hydrogen (secondary N) is 1. The fourth-order valence-electron chi connectivity index (χ4n) is 0.862. The van der Waals surface area contributed by atoms with Crippen LogP contribution in [0, 0.1) is 10.1 Å². The minimum atomic E-state index is -0.493. The lowest BCUT2D eigenvalue weighted by molar-refractivity contribution is -0.384. The first-order valence-corrected chi connectivity index (χ1v) is 4.14. The van der Waals surface area contributed by atoms with Gasteiger partial charge in [-0.15, -0.1) is 5.10 Å². The molecule has 4 N–H and O–H groups in total. The molecular weight excluding hydrogens is 214 g/mol. The second-order valence-electron chi connectivity index (χ2n) is 2.69. The Kier molecular flexibility index (Phi) is 3.92. The van der Waals surface area contributed by atoms with E-state index in [0.717, 1.165) is 0 Å². The topological polar surface area (TPSA) is 126 Å². The van der Waals surface area contributed by atoms with Gasteiger partial charge in [0.1, 0.15) is 0 Å². The van der Waals surface area contributed by atoms with Gasteiger partial charge in [0.25, 0.3) is 5.69 Å². The van der Waals surface area contributed by atoms with Crippen LogP contribution in [-0.2, 0) is 0 Å². The molecule has 0 unspecified atom stereocenters. The number of hydroxylamine groups is 1. The smallest absolute Gasteiger partial charge is 0.269 e. The molecule has 0 aliphatic carbocycles. The summed E-state index contributed by atoms with van der Waals surface area (Å²) in [7, 11) is 0. The SMILES string of the molecule is N/C(=N/N=C/c1ccc([N+](=O)[O-])cc1)NO. The van der Waals surface area contributed by atoms with Gasteiger partial charge in [0.05, 0.1) is 11.1 Å². The lowest BCUT2D eigenvalue weighted by Crippen LogP contribution is -2.27. The summed E-state index contributed by atoms with van der Waals surface area (Å²) in [6.07, 6.45) is 1.34. The van der Waals surface area contributed by atoms with Crippen molar-refractivity contribution in [2.75, 3.05) is 0 Å². The molecule has 8 heteroatoms. The third-order valence-corrected chi connectivity index (χ3v) is 1.59. The molecule has 0 radical (unpaired) electrons. The van der Waals surface area contributed by atoms with Crippen LogP contribution < -0.4 is 11.2 Å². The van der Waals surface area contributed by atoms with Crippen LogP contribution in [0.3, 0.4) is 0 Å². The summed E-state index contributed by atoms with van der Waals surface area (Å²) in [5.74, 6) is -0.252. The maximum atomic E-state index is 10.4. The zero-order valence-corrected chi connectivity index (χ0v) is 8.07. The monoisotopic (exact) mass is 223 g/mol. The number of nitro benzene ring substituents is 1. The van der Waals surface area contributed by atoms with Gasteiger partial charge < -0.3 is 5.73 Å². The van der Waals surface area contributed by atoms with Crippen molar-refractivity contribution in [2.24, 2.45) is 15.9 Å². The van der Waals surface area contributed by atoms with Crippen LogP contribution >= 0.6 is 0 Å². The van der Waals surface area contributed by atoms with Crippen LogP contribution in [-0.4, -0.2) is 22.3 Å². The Morgan fingerprint density at radius 3 is 2.62 bits per heavy atom. The molecule has 1 aromatic rings. The van der Waals surface area contributed by atoms with Gasteiger partial charge in [0.2, 0.25) is 5.96 Å². The summed E-state index contributed by atoms with van der Waals surface area (Å²) in [6, 6.07) is 5.72. The minimum absolute atomic E-state index is 0.00260. The molecule has 0 fully saturated rings. The number of benzene rings is 1. The molecule has 0 aromatic heterocycles. The maximum Gasteiger partial charge on any atom is 0.269 e. The molecule has 1 aromatic carbocycles. The number of hydrogen-bond donors (Lipinski definition) is 3. The summed E-state index contributed by atoms with van der Waals surface area (Å²) in [6.45, 7) is 0. The molecule has 0 amide bonds. The van der Waals surface area contributed by atoms with Gasteiger partial charge in [-0.25, -0.2) is 5.48 Å². The Labute approximate surface area is 90.2 Å². The van der Waals surface area contributed by atoms with E-state index in [9.17, 15) is 10.1 Å². The molecule has 16 heavy (non-hydrogen) atoms. The standard InChI is InChI=1S/C8H9N5O3/c9-8(12-14)11-10-5-6-1-3-7(4-2-6)13(15)16/h1-5,14H,(H3,9,11,12)/b10-5+. The van der Waals surface area contributed by atoms with Crippen molar-refractivity contribution < 1.29 is 10.1 Å². The first kappa shape index (κ1) is 11.6. The van der Waals surface area contributed by atoms with Crippen molar-refractivity contribution in [1.82, 2.24) is 5.48 Å². The average Bonchev–Trinajstić information content (AvgIpc) is 2.29. The predicted octanol–water partition coefficient (Wildman–Crippen LogP) is 0.222. The van der Waals surface area contributed by atoms with E-state index in [-0.39, 0.29) is 11.6 Å². The highest BCUT2D eigenvalue weighted by atomic mass is 16.6. The lowest BCUT2D eigenvalue weighted by atomic mass is 10.2. The first-order chi connectivity index (χ1) is 7.63. The zero-order chi connectivity index (χ0) is 12.0. The van der Waals surface area contributed by atoms with Gasteiger partial charge in [-0.2, -0.15) is 5.10 Å². The number of nitro groups is 1. The van der Waals surface area contributed by atoms with Crippen molar-refractivity contribution in [2.45, 2.75) is 0 Å². The first-order valence-electron chi connectivity index (χ1n) is 4.14. The number of nitrogens with zero attached hydrogens (tertiary/aromatic N) is 3. The largest absolute Gasteiger partial charge is 0.367 e. The van der Waals surface area contributed by atoms with E-state index in [0.29, 0.717) is 5.56 Å². The number of hydrogen-bond acceptors (Lipinski definition) is 5. The van der Waals surface area contributed by atoms with E-state index in [2.05, 4.69) is 10.2 Å². The number of non-ortho nitro benzene ring substituents is 1. The minimum Gasteiger partial charge on any atom is -0.367 e. The van der Waals surface area contributed by atoms with Gasteiger partial charge in [-0.05, 0) is 17.7 Å². The Morgan fingerprint density at radius 1 is 1.50 bits per heavy atom. The second-order valence-corrected chi connectivity index (χ2v) is 2.69. The molecule has 84 valence electrons. The van der Waals surface area contributed by atoms with Crippen LogP contribution in [0.1, 0.15) is 5.56 Å². The molecular formula is C8H9N5O3. The number of nitrogens with two attached hydrogens (primary N) is 1. The fraction of sp³-hybridized carbons (Fsp3) is 0. The second kappa shape index (κ2) is 5.41. The van der Waals surface area contributed by atoms with E-state index in [1.807, 2.05) is 0 Å². The highest BCUT2D eigenvalue weighted by molar-refractivity contribution is 5.81. The van der Waals surface area contributed by atoms with E-state index >= 15 is 0 Å². The molecule has 0 atom stereocenters. The van der Waals surface area contributed by atoms with Crippen molar-refractivity contribution in [1.29, 1.82) is 0 Å². The van der Waals surface area contributed by atoms with Gasteiger partial charge in [0, 0.05) is 12.1 Å².